The summed E-state index contributed by atoms with van der Waals surface area (Å²) in [6.45, 7) is 3.07. The van der Waals surface area contributed by atoms with Crippen molar-refractivity contribution in [3.63, 3.8) is 0 Å². The van der Waals surface area contributed by atoms with Gasteiger partial charge in [-0.15, -0.1) is 9.05 Å². The second kappa shape index (κ2) is 6.77. The average Bonchev–Trinajstić information content (AvgIpc) is 3.31. The molecule has 22 heavy (non-hydrogen) atoms. The number of epoxide rings is 4. The number of rotatable bonds is 12. The zero-order valence-corrected chi connectivity index (χ0v) is 13.3. The zero-order valence-electron chi connectivity index (χ0n) is 12.4. The molecule has 0 aromatic carbocycles. The highest BCUT2D eigenvalue weighted by molar-refractivity contribution is 7.33. The monoisotopic (exact) mass is 333 g/mol. The maximum Gasteiger partial charge on any atom is 0.697 e. The predicted molar refractivity (Wildman–Crippen MR) is 74.8 cm³/mol. The van der Waals surface area contributed by atoms with Gasteiger partial charge in [0.1, 0.15) is 12.2 Å². The number of hydrogen-bond acceptors (Lipinski definition) is 7. The Morgan fingerprint density at radius 2 is 1.00 bits per heavy atom. The molecule has 8 heteroatoms. The lowest BCUT2D eigenvalue weighted by molar-refractivity contribution is 0.0959. The van der Waals surface area contributed by atoms with Crippen LogP contribution in [0.25, 0.3) is 0 Å². The second-order valence-corrected chi connectivity index (χ2v) is 7.31. The van der Waals surface area contributed by atoms with Crippen LogP contribution in [0.5, 0.6) is 0 Å². The van der Waals surface area contributed by atoms with E-state index in [1.165, 1.54) is 0 Å². The van der Waals surface area contributed by atoms with Gasteiger partial charge in [-0.25, -0.2) is 0 Å². The normalized spacial score (nSPS) is 38.3. The Labute approximate surface area is 130 Å². The topological polar surface area (TPSA) is 85.7 Å². The molecule has 4 unspecified atom stereocenters. The molecule has 0 saturated carbocycles. The van der Waals surface area contributed by atoms with Crippen LogP contribution in [0.1, 0.15) is 25.7 Å². The molecule has 4 heterocycles. The molecule has 4 aliphatic rings. The van der Waals surface area contributed by atoms with E-state index >= 15 is 0 Å². The summed E-state index contributed by atoms with van der Waals surface area (Å²) in [5.74, 6) is 0. The minimum absolute atomic E-state index is 0.126. The van der Waals surface area contributed by atoms with Gasteiger partial charge in [0.15, 0.2) is 0 Å². The first-order valence-corrected chi connectivity index (χ1v) is 9.11. The molecular weight excluding hydrogens is 311 g/mol. The highest BCUT2D eigenvalue weighted by Crippen LogP contribution is 2.37. The fourth-order valence-corrected chi connectivity index (χ4v) is 3.50. The molecule has 0 aromatic heterocycles. The largest absolute Gasteiger partial charge is 0.697 e. The van der Waals surface area contributed by atoms with Crippen molar-refractivity contribution in [3.05, 3.63) is 0 Å². The Hall–Kier alpha value is -0.140. The Morgan fingerprint density at radius 1 is 0.727 bits per heavy atom. The van der Waals surface area contributed by atoms with Gasteiger partial charge >= 0.3 is 8.25 Å². The fraction of sp³-hybridized carbons (Fsp3) is 1.00. The van der Waals surface area contributed by atoms with Gasteiger partial charge in [0.2, 0.25) is 0 Å². The molecule has 0 amide bonds. The Balaban J connectivity index is 1.24. The summed E-state index contributed by atoms with van der Waals surface area (Å²) in [7, 11) is -2.14. The van der Waals surface area contributed by atoms with E-state index < -0.39 is 8.25 Å². The van der Waals surface area contributed by atoms with Crippen molar-refractivity contribution >= 4 is 8.25 Å². The lowest BCUT2D eigenvalue weighted by Gasteiger charge is -2.10. The quantitative estimate of drug-likeness (QED) is 0.396. The minimum Gasteiger partial charge on any atom is -0.373 e. The van der Waals surface area contributed by atoms with Crippen LogP contribution >= 0.6 is 8.25 Å². The highest BCUT2D eigenvalue weighted by Gasteiger charge is 2.42. The van der Waals surface area contributed by atoms with E-state index in [9.17, 15) is 4.57 Å². The highest BCUT2D eigenvalue weighted by atomic mass is 31.1. The van der Waals surface area contributed by atoms with E-state index in [0.717, 1.165) is 52.1 Å². The van der Waals surface area contributed by atoms with Crippen molar-refractivity contribution in [3.8, 4) is 0 Å². The molecule has 7 nitrogen and oxygen atoms in total. The van der Waals surface area contributed by atoms with Crippen LogP contribution in [-0.4, -0.2) is 63.1 Å². The van der Waals surface area contributed by atoms with Crippen molar-refractivity contribution < 1.29 is 32.6 Å². The second-order valence-electron chi connectivity index (χ2n) is 6.44. The van der Waals surface area contributed by atoms with Crippen molar-refractivity contribution in [1.29, 1.82) is 0 Å². The van der Waals surface area contributed by atoms with Crippen LogP contribution in [0.2, 0.25) is 0 Å². The third kappa shape index (κ3) is 5.49. The molecular formula is C14H22O7P+. The lowest BCUT2D eigenvalue weighted by atomic mass is 10.1. The SMILES string of the molecule is O=[P+](OC(CC1CO1)CC1CO1)OC(CC1CO1)CC1CO1. The number of hydrogen-bond donors (Lipinski definition) is 0. The third-order valence-corrected chi connectivity index (χ3v) is 5.12. The van der Waals surface area contributed by atoms with Crippen LogP contribution in [0, 0.1) is 0 Å². The van der Waals surface area contributed by atoms with Crippen LogP contribution in [-0.2, 0) is 32.6 Å². The maximum atomic E-state index is 12.2. The Kier molecular flexibility index (Phi) is 4.74. The van der Waals surface area contributed by atoms with Crippen molar-refractivity contribution in [2.75, 3.05) is 26.4 Å². The first-order chi connectivity index (χ1) is 10.7. The molecule has 4 atom stereocenters. The van der Waals surface area contributed by atoms with Gasteiger partial charge < -0.3 is 18.9 Å². The maximum absolute atomic E-state index is 12.2. The van der Waals surface area contributed by atoms with Gasteiger partial charge in [0, 0.05) is 30.2 Å². The molecule has 0 spiro atoms. The smallest absolute Gasteiger partial charge is 0.373 e. The minimum atomic E-state index is -2.14. The molecule has 0 bridgehead atoms. The van der Waals surface area contributed by atoms with Gasteiger partial charge in [-0.2, -0.15) is 0 Å². The summed E-state index contributed by atoms with van der Waals surface area (Å²) in [6, 6.07) is 0. The van der Waals surface area contributed by atoms with E-state index in [0.29, 0.717) is 0 Å². The Bertz CT molecular complexity index is 340. The molecule has 0 radical (unpaired) electrons. The summed E-state index contributed by atoms with van der Waals surface area (Å²) in [6.07, 6.45) is 3.73. The average molecular weight is 333 g/mol. The van der Waals surface area contributed by atoms with Crippen LogP contribution < -0.4 is 0 Å². The molecule has 124 valence electrons. The summed E-state index contributed by atoms with van der Waals surface area (Å²) in [5, 5.41) is 0. The van der Waals surface area contributed by atoms with Gasteiger partial charge in [-0.05, 0) is 0 Å². The first-order valence-electron chi connectivity index (χ1n) is 8.02. The van der Waals surface area contributed by atoms with Gasteiger partial charge in [0.25, 0.3) is 0 Å². The van der Waals surface area contributed by atoms with Gasteiger partial charge in [0.05, 0.1) is 50.8 Å². The van der Waals surface area contributed by atoms with Gasteiger partial charge in [-0.1, -0.05) is 0 Å². The standard InChI is InChI=1S/C14H22O7P/c15-22(20-9(1-11-5-16-11)2-12-6-17-12)21-10(3-13-7-18-13)4-14-8-19-14/h9-14H,1-8H2/q+1. The van der Waals surface area contributed by atoms with E-state index in [-0.39, 0.29) is 36.6 Å². The van der Waals surface area contributed by atoms with Crippen LogP contribution in [0.4, 0.5) is 0 Å². The van der Waals surface area contributed by atoms with E-state index in [1.54, 1.807) is 0 Å². The summed E-state index contributed by atoms with van der Waals surface area (Å²) in [4.78, 5) is 0. The van der Waals surface area contributed by atoms with E-state index in [1.807, 2.05) is 0 Å². The summed E-state index contributed by atoms with van der Waals surface area (Å²) in [5.41, 5.74) is 0. The van der Waals surface area contributed by atoms with Crippen LogP contribution in [0.15, 0.2) is 0 Å². The van der Waals surface area contributed by atoms with Crippen LogP contribution in [0.3, 0.4) is 0 Å². The molecule has 4 rings (SSSR count). The molecule has 0 aliphatic carbocycles. The summed E-state index contributed by atoms with van der Waals surface area (Å²) >= 11 is 0. The lowest BCUT2D eigenvalue weighted by Crippen LogP contribution is -2.18. The molecule has 4 fully saturated rings. The van der Waals surface area contributed by atoms with Crippen molar-refractivity contribution in [2.45, 2.75) is 62.3 Å². The van der Waals surface area contributed by atoms with Crippen molar-refractivity contribution in [2.24, 2.45) is 0 Å². The first kappa shape index (κ1) is 15.4. The third-order valence-electron chi connectivity index (χ3n) is 4.18. The zero-order chi connectivity index (χ0) is 14.9. The fourth-order valence-electron chi connectivity index (χ4n) is 2.62. The predicted octanol–water partition coefficient (Wildman–Crippen LogP) is 1.57. The molecule has 0 aromatic rings. The molecule has 4 aliphatic heterocycles. The van der Waals surface area contributed by atoms with Crippen molar-refractivity contribution in [1.82, 2.24) is 0 Å². The Morgan fingerprint density at radius 3 is 1.23 bits per heavy atom. The molecule has 4 saturated heterocycles. The van der Waals surface area contributed by atoms with Gasteiger partial charge in [-0.3, -0.25) is 0 Å². The van der Waals surface area contributed by atoms with E-state index in [4.69, 9.17) is 28.0 Å². The molecule has 0 N–H and O–H groups in total. The summed E-state index contributed by atoms with van der Waals surface area (Å²) < 4.78 is 44.4. The van der Waals surface area contributed by atoms with E-state index in [2.05, 4.69) is 0 Å². The number of ether oxygens (including phenoxy) is 4.